The predicted octanol–water partition coefficient (Wildman–Crippen LogP) is 3.59. The van der Waals surface area contributed by atoms with Crippen molar-refractivity contribution < 1.29 is 4.21 Å². The Morgan fingerprint density at radius 3 is 2.80 bits per heavy atom. The van der Waals surface area contributed by atoms with Crippen LogP contribution in [0.5, 0.6) is 0 Å². The van der Waals surface area contributed by atoms with Gasteiger partial charge in [-0.1, -0.05) is 38.1 Å². The fourth-order valence-electron chi connectivity index (χ4n) is 3.10. The molecule has 0 spiro atoms. The van der Waals surface area contributed by atoms with Crippen molar-refractivity contribution >= 4 is 10.8 Å². The summed E-state index contributed by atoms with van der Waals surface area (Å²) in [5.41, 5.74) is 2.82. The SMILES string of the molecule is CCCNC1c2ccccc2CCCC1S(=O)CCC. The Morgan fingerprint density at radius 2 is 2.05 bits per heavy atom. The largest absolute Gasteiger partial charge is 0.309 e. The molecule has 20 heavy (non-hydrogen) atoms. The average molecular weight is 293 g/mol. The maximum atomic E-state index is 12.6. The van der Waals surface area contributed by atoms with Crippen molar-refractivity contribution in [3.63, 3.8) is 0 Å². The van der Waals surface area contributed by atoms with E-state index in [1.807, 2.05) is 0 Å². The van der Waals surface area contributed by atoms with Gasteiger partial charge in [-0.05, 0) is 49.8 Å². The highest BCUT2D eigenvalue weighted by molar-refractivity contribution is 7.85. The van der Waals surface area contributed by atoms with E-state index in [1.54, 1.807) is 0 Å². The molecule has 0 amide bonds. The fourth-order valence-corrected chi connectivity index (χ4v) is 4.78. The first kappa shape index (κ1) is 15.7. The molecular weight excluding hydrogens is 266 g/mol. The molecule has 3 heteroatoms. The third-order valence-corrected chi connectivity index (χ3v) is 6.05. The highest BCUT2D eigenvalue weighted by atomic mass is 32.2. The number of aryl methyl sites for hydroxylation is 1. The molecule has 1 aliphatic carbocycles. The average Bonchev–Trinajstić information content (AvgIpc) is 2.64. The van der Waals surface area contributed by atoms with Crippen LogP contribution in [-0.2, 0) is 17.2 Å². The second-order valence-corrected chi connectivity index (χ2v) is 7.42. The molecule has 3 atom stereocenters. The van der Waals surface area contributed by atoms with E-state index in [0.717, 1.165) is 44.4 Å². The quantitative estimate of drug-likeness (QED) is 0.812. The van der Waals surface area contributed by atoms with Crippen LogP contribution in [-0.4, -0.2) is 21.8 Å². The molecule has 2 rings (SSSR count). The Balaban J connectivity index is 2.29. The van der Waals surface area contributed by atoms with E-state index in [1.165, 1.54) is 11.1 Å². The van der Waals surface area contributed by atoms with Gasteiger partial charge in [-0.2, -0.15) is 0 Å². The first-order valence-corrected chi connectivity index (χ1v) is 9.34. The standard InChI is InChI=1S/C17H27NOS/c1-3-12-18-17-15-10-6-5-8-14(15)9-7-11-16(17)20(19)13-4-2/h5-6,8,10,16-18H,3-4,7,9,11-13H2,1-2H3. The maximum Gasteiger partial charge on any atom is 0.0543 e. The van der Waals surface area contributed by atoms with Crippen molar-refractivity contribution in [3.8, 4) is 0 Å². The summed E-state index contributed by atoms with van der Waals surface area (Å²) in [5.74, 6) is 0.830. The van der Waals surface area contributed by atoms with Gasteiger partial charge in [0.05, 0.1) is 5.25 Å². The van der Waals surface area contributed by atoms with Gasteiger partial charge in [0, 0.05) is 22.6 Å². The summed E-state index contributed by atoms with van der Waals surface area (Å²) in [5, 5.41) is 3.93. The lowest BCUT2D eigenvalue weighted by Gasteiger charge is -2.27. The van der Waals surface area contributed by atoms with Crippen LogP contribution in [0.25, 0.3) is 0 Å². The Hall–Kier alpha value is -0.670. The monoisotopic (exact) mass is 293 g/mol. The minimum atomic E-state index is -0.721. The smallest absolute Gasteiger partial charge is 0.0543 e. The molecule has 1 aliphatic rings. The number of benzene rings is 1. The van der Waals surface area contributed by atoms with Crippen molar-refractivity contribution in [3.05, 3.63) is 35.4 Å². The first-order valence-electron chi connectivity index (χ1n) is 7.96. The highest BCUT2D eigenvalue weighted by Gasteiger charge is 2.30. The Bertz CT molecular complexity index is 446. The van der Waals surface area contributed by atoms with Crippen LogP contribution in [0.4, 0.5) is 0 Å². The van der Waals surface area contributed by atoms with E-state index in [9.17, 15) is 4.21 Å². The van der Waals surface area contributed by atoms with Gasteiger partial charge >= 0.3 is 0 Å². The van der Waals surface area contributed by atoms with Crippen LogP contribution in [0.1, 0.15) is 56.7 Å². The third kappa shape index (κ3) is 3.70. The van der Waals surface area contributed by atoms with Crippen molar-refractivity contribution in [1.29, 1.82) is 0 Å². The van der Waals surface area contributed by atoms with Crippen LogP contribution in [0, 0.1) is 0 Å². The van der Waals surface area contributed by atoms with E-state index in [4.69, 9.17) is 0 Å². The molecule has 2 nitrogen and oxygen atoms in total. The number of nitrogens with one attached hydrogen (secondary N) is 1. The molecular formula is C17H27NOS. The number of rotatable bonds is 6. The normalized spacial score (nSPS) is 23.9. The van der Waals surface area contributed by atoms with E-state index < -0.39 is 10.8 Å². The zero-order valence-electron chi connectivity index (χ0n) is 12.7. The van der Waals surface area contributed by atoms with Crippen molar-refractivity contribution in [2.45, 2.75) is 57.2 Å². The molecule has 0 heterocycles. The highest BCUT2D eigenvalue weighted by Crippen LogP contribution is 2.32. The minimum absolute atomic E-state index is 0.265. The van der Waals surface area contributed by atoms with Crippen LogP contribution in [0.2, 0.25) is 0 Å². The molecule has 3 unspecified atom stereocenters. The molecule has 0 aliphatic heterocycles. The number of hydrogen-bond acceptors (Lipinski definition) is 2. The molecule has 0 saturated heterocycles. The van der Waals surface area contributed by atoms with Gasteiger partial charge in [0.15, 0.2) is 0 Å². The van der Waals surface area contributed by atoms with Crippen LogP contribution in [0.3, 0.4) is 0 Å². The molecule has 1 N–H and O–H groups in total. The molecule has 0 radical (unpaired) electrons. The Morgan fingerprint density at radius 1 is 1.25 bits per heavy atom. The van der Waals surface area contributed by atoms with Crippen LogP contribution >= 0.6 is 0 Å². The summed E-state index contributed by atoms with van der Waals surface area (Å²) in [6, 6.07) is 8.97. The summed E-state index contributed by atoms with van der Waals surface area (Å²) in [7, 11) is -0.721. The molecule has 1 aromatic carbocycles. The van der Waals surface area contributed by atoms with Gasteiger partial charge in [0.2, 0.25) is 0 Å². The second-order valence-electron chi connectivity index (χ2n) is 5.65. The molecule has 0 saturated carbocycles. The second kappa shape index (κ2) is 7.94. The van der Waals surface area contributed by atoms with Crippen molar-refractivity contribution in [2.75, 3.05) is 12.3 Å². The van der Waals surface area contributed by atoms with E-state index in [-0.39, 0.29) is 11.3 Å². The fraction of sp³-hybridized carbons (Fsp3) is 0.647. The summed E-state index contributed by atoms with van der Waals surface area (Å²) < 4.78 is 12.6. The molecule has 0 aromatic heterocycles. The lowest BCUT2D eigenvalue weighted by atomic mass is 9.99. The predicted molar refractivity (Wildman–Crippen MR) is 87.5 cm³/mol. The third-order valence-electron chi connectivity index (χ3n) is 4.05. The Kier molecular flexibility index (Phi) is 6.24. The molecule has 0 fully saturated rings. The molecule has 1 aromatic rings. The van der Waals surface area contributed by atoms with Crippen LogP contribution < -0.4 is 5.32 Å². The van der Waals surface area contributed by atoms with E-state index in [2.05, 4.69) is 43.4 Å². The lowest BCUT2D eigenvalue weighted by molar-refractivity contribution is 0.491. The molecule has 112 valence electrons. The van der Waals surface area contributed by atoms with Crippen molar-refractivity contribution in [2.24, 2.45) is 0 Å². The summed E-state index contributed by atoms with van der Waals surface area (Å²) >= 11 is 0. The topological polar surface area (TPSA) is 29.1 Å². The maximum absolute atomic E-state index is 12.6. The van der Waals surface area contributed by atoms with E-state index in [0.29, 0.717) is 0 Å². The first-order chi connectivity index (χ1) is 9.77. The van der Waals surface area contributed by atoms with Crippen molar-refractivity contribution in [1.82, 2.24) is 5.32 Å². The van der Waals surface area contributed by atoms with Gasteiger partial charge in [-0.15, -0.1) is 0 Å². The van der Waals surface area contributed by atoms with E-state index >= 15 is 0 Å². The van der Waals surface area contributed by atoms with Crippen LogP contribution in [0.15, 0.2) is 24.3 Å². The minimum Gasteiger partial charge on any atom is -0.309 e. The van der Waals surface area contributed by atoms with Gasteiger partial charge in [-0.25, -0.2) is 0 Å². The molecule has 0 bridgehead atoms. The number of fused-ring (bicyclic) bond motifs is 1. The zero-order chi connectivity index (χ0) is 14.4. The number of hydrogen-bond donors (Lipinski definition) is 1. The lowest BCUT2D eigenvalue weighted by Crippen LogP contribution is -2.35. The van der Waals surface area contributed by atoms with Gasteiger partial charge in [-0.3, -0.25) is 4.21 Å². The Labute approximate surface area is 125 Å². The van der Waals surface area contributed by atoms with Gasteiger partial charge < -0.3 is 5.32 Å². The summed E-state index contributed by atoms with van der Waals surface area (Å²) in [6.45, 7) is 5.31. The summed E-state index contributed by atoms with van der Waals surface area (Å²) in [6.07, 6.45) is 5.47. The summed E-state index contributed by atoms with van der Waals surface area (Å²) in [4.78, 5) is 0. The van der Waals surface area contributed by atoms with Gasteiger partial charge in [0.1, 0.15) is 0 Å². The van der Waals surface area contributed by atoms with Gasteiger partial charge in [0.25, 0.3) is 0 Å². The zero-order valence-corrected chi connectivity index (χ0v) is 13.5.